The number of aliphatic carboxylic acids is 1. The van der Waals surface area contributed by atoms with Gasteiger partial charge in [0.25, 0.3) is 11.5 Å². The van der Waals surface area contributed by atoms with E-state index >= 15 is 0 Å². The van der Waals surface area contributed by atoms with Gasteiger partial charge in [-0.2, -0.15) is 0 Å². The Morgan fingerprint density at radius 2 is 1.95 bits per heavy atom. The van der Waals surface area contributed by atoms with Gasteiger partial charge in [-0.3, -0.25) is 19.4 Å². The Balaban J connectivity index is 2.70. The summed E-state index contributed by atoms with van der Waals surface area (Å²) in [6, 6.07) is 0.978. The third kappa shape index (κ3) is 6.07. The predicted octanol–water partition coefficient (Wildman–Crippen LogP) is -0.0700. The third-order valence-corrected chi connectivity index (χ3v) is 2.82. The van der Waals surface area contributed by atoms with E-state index in [1.807, 2.05) is 18.8 Å². The molecule has 0 saturated carbocycles. The minimum absolute atomic E-state index is 0.0512. The Morgan fingerprint density at radius 3 is 2.48 bits per heavy atom. The first-order valence-corrected chi connectivity index (χ1v) is 6.61. The Hall–Kier alpha value is -2.38. The van der Waals surface area contributed by atoms with Crippen molar-refractivity contribution < 1.29 is 14.7 Å². The molecular weight excluding hydrogens is 278 g/mol. The second-order valence-electron chi connectivity index (χ2n) is 5.30. The highest BCUT2D eigenvalue weighted by Crippen LogP contribution is 2.14. The molecule has 1 atom stereocenters. The lowest BCUT2D eigenvalue weighted by atomic mass is 9.94. The van der Waals surface area contributed by atoms with Crippen LogP contribution in [0.4, 0.5) is 0 Å². The molecule has 1 amide bonds. The van der Waals surface area contributed by atoms with Crippen molar-refractivity contribution in [1.82, 2.24) is 15.3 Å². The fraction of sp³-hybridized carbons (Fsp3) is 0.538. The summed E-state index contributed by atoms with van der Waals surface area (Å²) in [6.45, 7) is 4.09. The van der Waals surface area contributed by atoms with Crippen LogP contribution in [-0.2, 0) is 4.79 Å². The van der Waals surface area contributed by atoms with E-state index < -0.39 is 23.1 Å². The second-order valence-corrected chi connectivity index (χ2v) is 5.30. The first-order valence-electron chi connectivity index (χ1n) is 6.61. The fourth-order valence-corrected chi connectivity index (χ4v) is 2.08. The number of carboxylic acids is 1. The topological polar surface area (TPSA) is 132 Å². The molecule has 0 aliphatic carbocycles. The van der Waals surface area contributed by atoms with Gasteiger partial charge in [0.1, 0.15) is 5.69 Å². The minimum Gasteiger partial charge on any atom is -0.481 e. The van der Waals surface area contributed by atoms with Crippen molar-refractivity contribution in [3.63, 3.8) is 0 Å². The number of amides is 1. The van der Waals surface area contributed by atoms with Gasteiger partial charge < -0.3 is 15.4 Å². The van der Waals surface area contributed by atoms with Gasteiger partial charge in [-0.05, 0) is 18.3 Å². The number of H-pyrrole nitrogens is 2. The standard InChI is InChI=1S/C13H19N3O5/c1-7(2)3-8(4-11(18)19)6-14-12(20)9-5-10(17)16-13(21)15-9/h5,7-8H,3-4,6H2,1-2H3,(H,14,20)(H,18,19)(H2,15,16,17,21). The van der Waals surface area contributed by atoms with Crippen molar-refractivity contribution >= 4 is 11.9 Å². The summed E-state index contributed by atoms with van der Waals surface area (Å²) in [5.41, 5.74) is -1.59. The number of nitrogens with one attached hydrogen (secondary N) is 3. The maximum Gasteiger partial charge on any atom is 0.326 e. The van der Waals surface area contributed by atoms with Gasteiger partial charge in [0.15, 0.2) is 0 Å². The maximum absolute atomic E-state index is 11.8. The van der Waals surface area contributed by atoms with Gasteiger partial charge in [-0.25, -0.2) is 4.79 Å². The molecule has 0 aliphatic rings. The molecule has 0 aliphatic heterocycles. The summed E-state index contributed by atoms with van der Waals surface area (Å²) in [6.07, 6.45) is 0.600. The van der Waals surface area contributed by atoms with Gasteiger partial charge in [-0.15, -0.1) is 0 Å². The van der Waals surface area contributed by atoms with Crippen LogP contribution in [0.1, 0.15) is 37.2 Å². The van der Waals surface area contributed by atoms with E-state index in [1.165, 1.54) is 0 Å². The van der Waals surface area contributed by atoms with Crippen LogP contribution >= 0.6 is 0 Å². The molecule has 1 rings (SSSR count). The zero-order chi connectivity index (χ0) is 16.0. The van der Waals surface area contributed by atoms with E-state index in [0.29, 0.717) is 12.3 Å². The zero-order valence-corrected chi connectivity index (χ0v) is 11.9. The van der Waals surface area contributed by atoms with Crippen molar-refractivity contribution in [2.45, 2.75) is 26.7 Å². The highest BCUT2D eigenvalue weighted by molar-refractivity contribution is 5.92. The van der Waals surface area contributed by atoms with Crippen LogP contribution in [0.25, 0.3) is 0 Å². The van der Waals surface area contributed by atoms with E-state index in [0.717, 1.165) is 6.07 Å². The highest BCUT2D eigenvalue weighted by atomic mass is 16.4. The van der Waals surface area contributed by atoms with E-state index in [1.54, 1.807) is 0 Å². The first-order chi connectivity index (χ1) is 9.77. The Kier molecular flexibility index (Phi) is 5.89. The lowest BCUT2D eigenvalue weighted by molar-refractivity contribution is -0.138. The number of rotatable bonds is 7. The number of hydrogen-bond acceptors (Lipinski definition) is 4. The minimum atomic E-state index is -0.931. The summed E-state index contributed by atoms with van der Waals surface area (Å²) < 4.78 is 0. The molecule has 0 bridgehead atoms. The van der Waals surface area contributed by atoms with Gasteiger partial charge >= 0.3 is 11.7 Å². The SMILES string of the molecule is CC(C)CC(CNC(=O)c1cc(=O)[nH]c(=O)[nH]1)CC(=O)O. The molecule has 116 valence electrons. The lowest BCUT2D eigenvalue weighted by Gasteiger charge is -2.17. The zero-order valence-electron chi connectivity index (χ0n) is 11.9. The number of hydrogen-bond donors (Lipinski definition) is 4. The largest absolute Gasteiger partial charge is 0.481 e. The van der Waals surface area contributed by atoms with Crippen LogP contribution in [0.3, 0.4) is 0 Å². The Morgan fingerprint density at radius 1 is 1.29 bits per heavy atom. The maximum atomic E-state index is 11.8. The molecule has 21 heavy (non-hydrogen) atoms. The average molecular weight is 297 g/mol. The molecule has 1 aromatic rings. The van der Waals surface area contributed by atoms with Crippen LogP contribution in [-0.4, -0.2) is 33.5 Å². The first kappa shape index (κ1) is 16.7. The monoisotopic (exact) mass is 297 g/mol. The van der Waals surface area contributed by atoms with Gasteiger partial charge in [0.05, 0.1) is 0 Å². The molecule has 8 heteroatoms. The molecule has 1 heterocycles. The summed E-state index contributed by atoms with van der Waals surface area (Å²) in [4.78, 5) is 49.0. The number of carboxylic acid groups (broad SMARTS) is 1. The molecular formula is C13H19N3O5. The van der Waals surface area contributed by atoms with Crippen LogP contribution in [0.15, 0.2) is 15.7 Å². The van der Waals surface area contributed by atoms with Crippen molar-refractivity contribution in [3.05, 3.63) is 32.6 Å². The summed E-state index contributed by atoms with van der Waals surface area (Å²) >= 11 is 0. The normalized spacial score (nSPS) is 12.1. The number of aromatic amines is 2. The Bertz CT molecular complexity index is 588. The fourth-order valence-electron chi connectivity index (χ4n) is 2.08. The number of carbonyl (C=O) groups is 2. The molecule has 4 N–H and O–H groups in total. The van der Waals surface area contributed by atoms with E-state index in [9.17, 15) is 19.2 Å². The smallest absolute Gasteiger partial charge is 0.326 e. The number of aromatic nitrogens is 2. The van der Waals surface area contributed by atoms with Gasteiger partial charge in [0.2, 0.25) is 0 Å². The molecule has 0 spiro atoms. The van der Waals surface area contributed by atoms with Gasteiger partial charge in [-0.1, -0.05) is 13.8 Å². The molecule has 0 saturated heterocycles. The molecule has 1 unspecified atom stereocenters. The van der Waals surface area contributed by atoms with Crippen LogP contribution in [0, 0.1) is 11.8 Å². The summed E-state index contributed by atoms with van der Waals surface area (Å²) in [7, 11) is 0. The molecule has 8 nitrogen and oxygen atoms in total. The average Bonchev–Trinajstić information content (AvgIpc) is 2.32. The molecule has 1 aromatic heterocycles. The van der Waals surface area contributed by atoms with E-state index in [4.69, 9.17) is 5.11 Å². The molecule has 0 radical (unpaired) electrons. The second kappa shape index (κ2) is 7.41. The van der Waals surface area contributed by atoms with Gasteiger partial charge in [0, 0.05) is 19.0 Å². The van der Waals surface area contributed by atoms with Crippen LogP contribution < -0.4 is 16.6 Å². The third-order valence-electron chi connectivity index (χ3n) is 2.82. The van der Waals surface area contributed by atoms with E-state index in [2.05, 4.69) is 10.3 Å². The summed E-state index contributed by atoms with van der Waals surface area (Å²) in [5.74, 6) is -1.46. The Labute approximate surface area is 120 Å². The number of carbonyl (C=O) groups excluding carboxylic acids is 1. The van der Waals surface area contributed by atoms with Crippen molar-refractivity contribution in [3.8, 4) is 0 Å². The van der Waals surface area contributed by atoms with Crippen molar-refractivity contribution in [2.24, 2.45) is 11.8 Å². The highest BCUT2D eigenvalue weighted by Gasteiger charge is 2.17. The summed E-state index contributed by atoms with van der Waals surface area (Å²) in [5, 5.41) is 11.4. The van der Waals surface area contributed by atoms with Crippen LogP contribution in [0.2, 0.25) is 0 Å². The van der Waals surface area contributed by atoms with E-state index in [-0.39, 0.29) is 24.6 Å². The molecule has 0 fully saturated rings. The quantitative estimate of drug-likeness (QED) is 0.559. The van der Waals surface area contributed by atoms with Crippen LogP contribution in [0.5, 0.6) is 0 Å². The van der Waals surface area contributed by atoms with Crippen molar-refractivity contribution in [2.75, 3.05) is 6.54 Å². The molecule has 0 aromatic carbocycles. The lowest BCUT2D eigenvalue weighted by Crippen LogP contribution is -2.34. The predicted molar refractivity (Wildman–Crippen MR) is 75.2 cm³/mol. The van der Waals surface area contributed by atoms with Crippen molar-refractivity contribution in [1.29, 1.82) is 0 Å².